The molecule has 1 amide bonds. The summed E-state index contributed by atoms with van der Waals surface area (Å²) in [6.07, 6.45) is -13.6. The van der Waals surface area contributed by atoms with Crippen LogP contribution in [0.5, 0.6) is 0 Å². The minimum Gasteiger partial charge on any atom is -0.394 e. The fraction of sp³-hybridized carbons (Fsp3) is 0.837. The van der Waals surface area contributed by atoms with Crippen LogP contribution in [0.4, 0.5) is 5.69 Å². The topological polar surface area (TPSA) is 446 Å². The van der Waals surface area contributed by atoms with Gasteiger partial charge in [0, 0.05) is 43.1 Å². The number of carbonyl (C=O) groups excluding carboxylic acids is 1. The van der Waals surface area contributed by atoms with E-state index in [1.54, 1.807) is 11.8 Å². The third-order valence-electron chi connectivity index (χ3n) is 13.2. The monoisotopic (exact) mass is 1040 g/mol. The van der Waals surface area contributed by atoms with Gasteiger partial charge in [0.25, 0.3) is 5.69 Å². The van der Waals surface area contributed by atoms with Gasteiger partial charge < -0.3 is 109 Å². The zero-order chi connectivity index (χ0) is 51.2. The molecule has 1 aromatic rings. The molecule has 0 bridgehead atoms. The van der Waals surface area contributed by atoms with E-state index in [1.165, 1.54) is 36.0 Å². The first-order valence-electron chi connectivity index (χ1n) is 23.8. The maximum absolute atomic E-state index is 12.5. The highest BCUT2D eigenvalue weighted by molar-refractivity contribution is 8.00. The fourth-order valence-electron chi connectivity index (χ4n) is 8.88. The molecule has 1 aromatic carbocycles. The number of unbranched alkanes of at least 4 members (excludes halogenated alkanes) is 6. The van der Waals surface area contributed by atoms with Gasteiger partial charge in [-0.3, -0.25) is 14.9 Å². The zero-order valence-electron chi connectivity index (χ0n) is 39.0. The molecule has 402 valence electrons. The second-order valence-corrected chi connectivity index (χ2v) is 20.6. The predicted molar refractivity (Wildman–Crippen MR) is 255 cm³/mol. The number of nitro groups is 1. The van der Waals surface area contributed by atoms with Gasteiger partial charge in [0.15, 0.2) is 18.9 Å². The van der Waals surface area contributed by atoms with Crippen molar-refractivity contribution in [2.75, 3.05) is 42.7 Å². The van der Waals surface area contributed by atoms with E-state index in [4.69, 9.17) is 62.8 Å². The maximum Gasteiger partial charge on any atom is 0.269 e. The van der Waals surface area contributed by atoms with Crippen LogP contribution >= 0.6 is 23.5 Å². The van der Waals surface area contributed by atoms with Crippen LogP contribution in [-0.2, 0) is 33.2 Å². The second-order valence-electron chi connectivity index (χ2n) is 18.3. The number of non-ortho nitro benzene ring substituents is 1. The Hall–Kier alpha value is -2.01. The average Bonchev–Trinajstić information content (AvgIpc) is 3.63. The lowest BCUT2D eigenvalue weighted by Gasteiger charge is -2.47. The number of carbonyl (C=O) groups is 1. The minimum absolute atomic E-state index is 0.0893. The molecule has 1 aliphatic carbocycles. The second kappa shape index (κ2) is 28.6. The third kappa shape index (κ3) is 15.5. The summed E-state index contributed by atoms with van der Waals surface area (Å²) in [6, 6.07) is 0.104. The van der Waals surface area contributed by atoms with Gasteiger partial charge in [0.1, 0.15) is 67.1 Å². The molecule has 70 heavy (non-hydrogen) atoms. The lowest BCUT2D eigenvalue weighted by Crippen LogP contribution is -2.68. The number of nitrogens with one attached hydrogen (secondary N) is 1. The van der Waals surface area contributed by atoms with E-state index in [0.29, 0.717) is 11.3 Å². The molecular formula is C43H76N8O17S2. The third-order valence-corrected chi connectivity index (χ3v) is 15.3. The molecule has 0 radical (unpaired) electrons. The van der Waals surface area contributed by atoms with Gasteiger partial charge in [-0.15, -0.1) is 0 Å². The Balaban J connectivity index is 1.07. The number of hydrogen-bond acceptors (Lipinski definition) is 25. The first-order chi connectivity index (χ1) is 33.4. The zero-order valence-corrected chi connectivity index (χ0v) is 40.7. The number of nitrogens with zero attached hydrogens (tertiary/aromatic N) is 1. The van der Waals surface area contributed by atoms with Crippen molar-refractivity contribution in [3.63, 3.8) is 0 Å². The molecule has 25 nitrogen and oxygen atoms in total. The Morgan fingerprint density at radius 1 is 0.686 bits per heavy atom. The normalized spacial score (nSPS) is 37.8. The molecule has 3 aliphatic heterocycles. The Morgan fingerprint density at radius 3 is 1.71 bits per heavy atom. The number of rotatable bonds is 27. The van der Waals surface area contributed by atoms with Gasteiger partial charge in [-0.2, -0.15) is 23.5 Å². The number of ether oxygens (including phenoxy) is 6. The Bertz CT molecular complexity index is 1730. The van der Waals surface area contributed by atoms with Crippen molar-refractivity contribution in [1.82, 2.24) is 5.32 Å². The molecule has 0 aromatic heterocycles. The van der Waals surface area contributed by atoms with Crippen molar-refractivity contribution >= 4 is 35.1 Å². The van der Waals surface area contributed by atoms with Gasteiger partial charge in [0.05, 0.1) is 47.6 Å². The van der Waals surface area contributed by atoms with E-state index in [-0.39, 0.29) is 36.9 Å². The summed E-state index contributed by atoms with van der Waals surface area (Å²) < 4.78 is 36.5. The number of nitro benzene ring substituents is 1. The SMILES string of the molecule is NC[C@H]1O[C@@H](O[C@H]2[C@@H](O)[C@H](O[C@@H]3[C@@H](O)[C@H](N)C[C@H](N)[C@H]3O[C@H]3O[C@H](CN)[C@@H](O)[C@H](O)[C@H]3N)O[C@@H]2CSCCCCCCCCCSCC(=O)N[C@H](CO)[C@H](O)c2ccc([N+](=O)[O-])cc2)[C@@H](N)[C@H](O)[C@H]1O. The minimum atomic E-state index is -1.53. The van der Waals surface area contributed by atoms with E-state index in [1.807, 2.05) is 0 Å². The number of aliphatic hydroxyl groups excluding tert-OH is 8. The molecule has 21 atom stereocenters. The molecule has 21 N–H and O–H groups in total. The van der Waals surface area contributed by atoms with Gasteiger partial charge >= 0.3 is 0 Å². The van der Waals surface area contributed by atoms with Crippen LogP contribution < -0.4 is 39.7 Å². The van der Waals surface area contributed by atoms with Crippen molar-refractivity contribution in [1.29, 1.82) is 0 Å². The van der Waals surface area contributed by atoms with E-state index < -0.39 is 140 Å². The van der Waals surface area contributed by atoms with Crippen LogP contribution in [0, 0.1) is 10.1 Å². The highest BCUT2D eigenvalue weighted by atomic mass is 32.2. The molecule has 0 unspecified atom stereocenters. The van der Waals surface area contributed by atoms with Gasteiger partial charge in [0.2, 0.25) is 5.91 Å². The first-order valence-corrected chi connectivity index (χ1v) is 26.1. The van der Waals surface area contributed by atoms with Crippen molar-refractivity contribution in [3.8, 4) is 0 Å². The summed E-state index contributed by atoms with van der Waals surface area (Å²) in [5, 5.41) is 99.1. The largest absolute Gasteiger partial charge is 0.394 e. The van der Waals surface area contributed by atoms with E-state index in [2.05, 4.69) is 5.32 Å². The van der Waals surface area contributed by atoms with Gasteiger partial charge in [-0.1, -0.05) is 32.1 Å². The van der Waals surface area contributed by atoms with Crippen LogP contribution in [0.3, 0.4) is 0 Å². The summed E-state index contributed by atoms with van der Waals surface area (Å²) in [5.74, 6) is 1.62. The van der Waals surface area contributed by atoms with E-state index in [0.717, 1.165) is 56.5 Å². The van der Waals surface area contributed by atoms with Gasteiger partial charge in [-0.05, 0) is 48.5 Å². The Labute approximate surface area is 415 Å². The molecule has 3 heterocycles. The molecular weight excluding hydrogens is 965 g/mol. The van der Waals surface area contributed by atoms with Crippen molar-refractivity contribution in [3.05, 3.63) is 39.9 Å². The number of amides is 1. The standard InChI is InChI=1S/C43H76N8O17S2/c44-15-25-33(56)35(58)29(48)41(63-25)66-38-23(47)14-22(46)32(55)40(38)68-43-37(60)39(67-42-30(49)36(59)34(57)26(16-45)64-42)27(65-43)18-69-12-6-4-2-1-3-5-7-13-70-19-28(53)50-24(17-52)31(54)20-8-10-21(11-9-20)51(61)62/h8-11,22-27,29-43,52,54-60H,1-7,12-19,44-49H2,(H,50,53)/t22-,23+,24-,25-,26-,27-,29-,30+,31-,32+,33-,34+,35-,36+,37-,38-,39-,40-,41-,42+,43+/m1/s1. The van der Waals surface area contributed by atoms with Crippen LogP contribution in [0.1, 0.15) is 63.0 Å². The first kappa shape index (κ1) is 58.9. The predicted octanol–water partition coefficient (Wildman–Crippen LogP) is -4.57. The quantitative estimate of drug-likeness (QED) is 0.0224. The molecule has 4 fully saturated rings. The van der Waals surface area contributed by atoms with E-state index in [9.17, 15) is 55.8 Å². The average molecular weight is 1040 g/mol. The van der Waals surface area contributed by atoms with Crippen LogP contribution in [-0.4, -0.2) is 217 Å². The highest BCUT2D eigenvalue weighted by Gasteiger charge is 2.54. The summed E-state index contributed by atoms with van der Waals surface area (Å²) in [6.45, 7) is -0.832. The van der Waals surface area contributed by atoms with Gasteiger partial charge in [-0.25, -0.2) is 0 Å². The molecule has 4 aliphatic rings. The molecule has 3 saturated heterocycles. The Morgan fingerprint density at radius 2 is 1.19 bits per heavy atom. The number of aliphatic hydroxyl groups is 8. The fourth-order valence-corrected chi connectivity index (χ4v) is 10.8. The number of thioether (sulfide) groups is 2. The lowest BCUT2D eigenvalue weighted by atomic mass is 9.84. The van der Waals surface area contributed by atoms with Crippen LogP contribution in [0.15, 0.2) is 24.3 Å². The smallest absolute Gasteiger partial charge is 0.269 e. The van der Waals surface area contributed by atoms with Crippen LogP contribution in [0.25, 0.3) is 0 Å². The molecule has 5 rings (SSSR count). The summed E-state index contributed by atoms with van der Waals surface area (Å²) in [5.41, 5.74) is 36.9. The summed E-state index contributed by atoms with van der Waals surface area (Å²) in [4.78, 5) is 22.8. The number of hydrogen-bond donors (Lipinski definition) is 15. The van der Waals surface area contributed by atoms with Crippen molar-refractivity contribution in [2.24, 2.45) is 34.4 Å². The summed E-state index contributed by atoms with van der Waals surface area (Å²) >= 11 is 3.00. The maximum atomic E-state index is 12.5. The number of benzene rings is 1. The van der Waals surface area contributed by atoms with Crippen molar-refractivity contribution < 1.29 is 79.0 Å². The summed E-state index contributed by atoms with van der Waals surface area (Å²) in [7, 11) is 0. The number of nitrogens with two attached hydrogens (primary N) is 6. The van der Waals surface area contributed by atoms with Crippen molar-refractivity contribution in [2.45, 2.75) is 180 Å². The lowest BCUT2D eigenvalue weighted by molar-refractivity contribution is -0.384. The Kier molecular flexibility index (Phi) is 24.1. The van der Waals surface area contributed by atoms with E-state index >= 15 is 0 Å². The molecule has 0 spiro atoms. The molecule has 27 heteroatoms. The van der Waals surface area contributed by atoms with Crippen LogP contribution in [0.2, 0.25) is 0 Å². The highest BCUT2D eigenvalue weighted by Crippen LogP contribution is 2.36. The molecule has 1 saturated carbocycles.